The summed E-state index contributed by atoms with van der Waals surface area (Å²) in [4.78, 5) is 30.3. The van der Waals surface area contributed by atoms with Crippen molar-refractivity contribution in [1.82, 2.24) is 35.5 Å². The Balaban J connectivity index is 1.37. The van der Waals surface area contributed by atoms with Crippen molar-refractivity contribution in [3.8, 4) is 0 Å². The Hall–Kier alpha value is -3.58. The molecule has 10 nitrogen and oxygen atoms in total. The van der Waals surface area contributed by atoms with E-state index in [1.807, 2.05) is 13.8 Å². The molecule has 2 aliphatic carbocycles. The number of alkyl halides is 4. The van der Waals surface area contributed by atoms with Gasteiger partial charge in [-0.2, -0.15) is 5.10 Å². The van der Waals surface area contributed by atoms with Crippen LogP contribution in [0.15, 0.2) is 23.1 Å². The maximum Gasteiger partial charge on any atom is 0.276 e. The summed E-state index contributed by atoms with van der Waals surface area (Å²) in [5.41, 5.74) is 1.87. The van der Waals surface area contributed by atoms with E-state index in [1.165, 1.54) is 4.52 Å². The predicted molar refractivity (Wildman–Crippen MR) is 137 cm³/mol. The lowest BCUT2D eigenvalue weighted by Crippen LogP contribution is -2.40. The number of amides is 2. The van der Waals surface area contributed by atoms with E-state index in [4.69, 9.17) is 4.98 Å². The van der Waals surface area contributed by atoms with Gasteiger partial charge in [0.1, 0.15) is 5.69 Å². The van der Waals surface area contributed by atoms with Crippen LogP contribution in [0.3, 0.4) is 0 Å². The average Bonchev–Trinajstić information content (AvgIpc) is 3.50. The van der Waals surface area contributed by atoms with Gasteiger partial charge in [-0.05, 0) is 54.3 Å². The first-order valence-corrected chi connectivity index (χ1v) is 13.8. The third-order valence-electron chi connectivity index (χ3n) is 8.06. The van der Waals surface area contributed by atoms with Crippen LogP contribution in [0.2, 0.25) is 0 Å². The van der Waals surface area contributed by atoms with Crippen molar-refractivity contribution >= 4 is 17.5 Å². The molecule has 3 heterocycles. The zero-order valence-electron chi connectivity index (χ0n) is 23.0. The minimum absolute atomic E-state index is 0.00134. The van der Waals surface area contributed by atoms with E-state index in [0.717, 1.165) is 0 Å². The van der Waals surface area contributed by atoms with Crippen LogP contribution in [0.4, 0.5) is 17.6 Å². The minimum Gasteiger partial charge on any atom is -0.349 e. The highest BCUT2D eigenvalue weighted by Gasteiger charge is 2.46. The molecule has 0 unspecified atom stereocenters. The number of fused-ring (bicyclic) bond motifs is 1. The van der Waals surface area contributed by atoms with Gasteiger partial charge in [-0.1, -0.05) is 19.0 Å². The molecule has 0 aromatic carbocycles. The molecule has 2 aliphatic rings. The number of carbonyl (C=O) groups excluding carboxylic acids is 2. The Bertz CT molecular complexity index is 1400. The largest absolute Gasteiger partial charge is 0.349 e. The molecule has 3 aromatic rings. The van der Waals surface area contributed by atoms with Crippen molar-refractivity contribution in [2.45, 2.75) is 89.6 Å². The monoisotopic (exact) mass is 579 g/mol. The van der Waals surface area contributed by atoms with Gasteiger partial charge in [-0.3, -0.25) is 9.59 Å². The Labute approximate surface area is 233 Å². The van der Waals surface area contributed by atoms with Gasteiger partial charge in [0.25, 0.3) is 5.91 Å². The van der Waals surface area contributed by atoms with Crippen LogP contribution in [-0.4, -0.2) is 48.6 Å². The van der Waals surface area contributed by atoms with Crippen molar-refractivity contribution in [2.75, 3.05) is 0 Å². The maximum absolute atomic E-state index is 13.9. The summed E-state index contributed by atoms with van der Waals surface area (Å²) in [7, 11) is 0. The minimum atomic E-state index is -2.75. The van der Waals surface area contributed by atoms with E-state index in [-0.39, 0.29) is 74.3 Å². The fourth-order valence-corrected chi connectivity index (χ4v) is 5.76. The lowest BCUT2D eigenvalue weighted by Gasteiger charge is -2.35. The highest BCUT2D eigenvalue weighted by atomic mass is 19.3. The molecule has 2 atom stereocenters. The molecule has 0 spiro atoms. The topological polar surface area (TPSA) is 127 Å². The molecular weight excluding hydrogens is 546 g/mol. The molecule has 3 aromatic heterocycles. The van der Waals surface area contributed by atoms with Crippen molar-refractivity contribution in [2.24, 2.45) is 17.8 Å². The lowest BCUT2D eigenvalue weighted by atomic mass is 9.79. The van der Waals surface area contributed by atoms with E-state index in [2.05, 4.69) is 30.7 Å². The molecule has 2 amide bonds. The van der Waals surface area contributed by atoms with Gasteiger partial charge in [0.2, 0.25) is 17.8 Å². The zero-order chi connectivity index (χ0) is 29.5. The van der Waals surface area contributed by atoms with E-state index >= 15 is 0 Å². The molecule has 2 N–H and O–H groups in total. The van der Waals surface area contributed by atoms with Crippen LogP contribution < -0.4 is 10.6 Å². The number of hydrogen-bond donors (Lipinski definition) is 2. The van der Waals surface area contributed by atoms with Gasteiger partial charge in [-0.25, -0.2) is 31.7 Å². The van der Waals surface area contributed by atoms with Crippen molar-refractivity contribution in [1.29, 1.82) is 0 Å². The van der Waals surface area contributed by atoms with Gasteiger partial charge >= 0.3 is 0 Å². The second-order valence-electron chi connectivity index (χ2n) is 11.7. The molecule has 5 rings (SSSR count). The Morgan fingerprint density at radius 1 is 1.10 bits per heavy atom. The van der Waals surface area contributed by atoms with Gasteiger partial charge < -0.3 is 10.6 Å². The molecule has 2 fully saturated rings. The fraction of sp³-hybridized carbons (Fsp3) is 0.630. The van der Waals surface area contributed by atoms with Gasteiger partial charge in [0.15, 0.2) is 11.3 Å². The number of nitrogens with one attached hydrogen (secondary N) is 2. The standard InChI is InChI=1S/C27H33F4N7O3/c1-14(2)22(34-21(39)8-16-10-27(30,31)11-16)18-9-20-33-19(13-38(20)32-12-18)24(17-4-6-26(28,29)7-5-17)35-25(40)23-15(3)36-41-37-23/h9,12-14,16-17,22,24H,4-8,10-11H2,1-3H3,(H,34,39)(H,35,40)/t22-,24-/m0/s1. The number of rotatable bonds is 9. The SMILES string of the molecule is Cc1nonc1C(=O)N[C@H](c1cn2ncc([C@@H](NC(=O)CC3CC(F)(F)C3)C(C)C)cc2n1)C1CCC(F)(F)CC1. The summed E-state index contributed by atoms with van der Waals surface area (Å²) >= 11 is 0. The summed E-state index contributed by atoms with van der Waals surface area (Å²) in [6, 6.07) is 0.638. The molecule has 0 saturated heterocycles. The lowest BCUT2D eigenvalue weighted by molar-refractivity contribution is -0.134. The van der Waals surface area contributed by atoms with Crippen LogP contribution in [-0.2, 0) is 4.79 Å². The first-order chi connectivity index (χ1) is 19.3. The number of aryl methyl sites for hydroxylation is 1. The third kappa shape index (κ3) is 6.51. The predicted octanol–water partition coefficient (Wildman–Crippen LogP) is 4.97. The van der Waals surface area contributed by atoms with Gasteiger partial charge in [0, 0.05) is 32.1 Å². The fourth-order valence-electron chi connectivity index (χ4n) is 5.76. The summed E-state index contributed by atoms with van der Waals surface area (Å²) in [5.74, 6) is -6.96. The summed E-state index contributed by atoms with van der Waals surface area (Å²) in [6.07, 6.45) is 2.51. The Kier molecular flexibility index (Phi) is 7.77. The molecule has 41 heavy (non-hydrogen) atoms. The number of halogens is 4. The van der Waals surface area contributed by atoms with E-state index in [0.29, 0.717) is 22.6 Å². The molecule has 0 radical (unpaired) electrons. The van der Waals surface area contributed by atoms with Gasteiger partial charge in [-0.15, -0.1) is 0 Å². The number of nitrogens with zero attached hydrogens (tertiary/aromatic N) is 5. The summed E-state index contributed by atoms with van der Waals surface area (Å²) < 4.78 is 60.4. The summed E-state index contributed by atoms with van der Waals surface area (Å²) in [6.45, 7) is 5.42. The molecular formula is C27H33F4N7O3. The molecule has 0 bridgehead atoms. The maximum atomic E-state index is 13.9. The summed E-state index contributed by atoms with van der Waals surface area (Å²) in [5, 5.41) is 17.6. The van der Waals surface area contributed by atoms with Crippen molar-refractivity contribution < 1.29 is 31.8 Å². The Morgan fingerprint density at radius 2 is 1.80 bits per heavy atom. The Morgan fingerprint density at radius 3 is 2.41 bits per heavy atom. The van der Waals surface area contributed by atoms with Crippen molar-refractivity contribution in [3.63, 3.8) is 0 Å². The highest BCUT2D eigenvalue weighted by molar-refractivity contribution is 5.93. The first kappa shape index (κ1) is 28.9. The van der Waals surface area contributed by atoms with Crippen molar-refractivity contribution in [3.05, 3.63) is 41.1 Å². The molecule has 2 saturated carbocycles. The second kappa shape index (κ2) is 11.0. The van der Waals surface area contributed by atoms with Crippen LogP contribution >= 0.6 is 0 Å². The number of aromatic nitrogens is 5. The van der Waals surface area contributed by atoms with E-state index in [9.17, 15) is 27.2 Å². The number of imidazole rings is 1. The zero-order valence-corrected chi connectivity index (χ0v) is 23.0. The van der Waals surface area contributed by atoms with Crippen LogP contribution in [0, 0.1) is 24.7 Å². The highest BCUT2D eigenvalue weighted by Crippen LogP contribution is 2.44. The smallest absolute Gasteiger partial charge is 0.276 e. The van der Waals surface area contributed by atoms with Crippen LogP contribution in [0.5, 0.6) is 0 Å². The molecule has 0 aliphatic heterocycles. The second-order valence-corrected chi connectivity index (χ2v) is 11.7. The quantitative estimate of drug-likeness (QED) is 0.343. The molecule has 14 heteroatoms. The average molecular weight is 580 g/mol. The number of carbonyl (C=O) groups is 2. The van der Waals surface area contributed by atoms with Gasteiger partial charge in [0.05, 0.1) is 30.2 Å². The number of hydrogen-bond acceptors (Lipinski definition) is 7. The van der Waals surface area contributed by atoms with E-state index < -0.39 is 29.8 Å². The van der Waals surface area contributed by atoms with Crippen LogP contribution in [0.1, 0.15) is 98.3 Å². The first-order valence-electron chi connectivity index (χ1n) is 13.8. The van der Waals surface area contributed by atoms with E-state index in [1.54, 1.807) is 25.4 Å². The normalized spacial score (nSPS) is 20.5. The molecule has 222 valence electrons. The van der Waals surface area contributed by atoms with Crippen LogP contribution in [0.25, 0.3) is 5.65 Å². The third-order valence-corrected chi connectivity index (χ3v) is 8.06.